The zero-order valence-corrected chi connectivity index (χ0v) is 17.6. The van der Waals surface area contributed by atoms with Crippen LogP contribution in [0.3, 0.4) is 0 Å². The van der Waals surface area contributed by atoms with Gasteiger partial charge in [-0.25, -0.2) is 0 Å². The van der Waals surface area contributed by atoms with Gasteiger partial charge in [-0.3, -0.25) is 9.69 Å². The van der Waals surface area contributed by atoms with Gasteiger partial charge in [-0.2, -0.15) is 4.99 Å². The summed E-state index contributed by atoms with van der Waals surface area (Å²) in [6.07, 6.45) is 5.57. The zero-order chi connectivity index (χ0) is 19.7. The highest BCUT2D eigenvalue weighted by atomic mass is 32.2. The summed E-state index contributed by atoms with van der Waals surface area (Å²) in [4.78, 5) is 20.7. The Morgan fingerprint density at radius 1 is 1.25 bits per heavy atom. The van der Waals surface area contributed by atoms with Gasteiger partial charge in [0, 0.05) is 11.7 Å². The van der Waals surface area contributed by atoms with E-state index < -0.39 is 0 Å². The first-order valence-corrected chi connectivity index (χ1v) is 11.1. The lowest BCUT2D eigenvalue weighted by atomic mass is 9.94. The second-order valence-electron chi connectivity index (χ2n) is 7.15. The fraction of sp³-hybridized carbons (Fsp3) is 0.400. The Kier molecular flexibility index (Phi) is 5.50. The molecule has 6 nitrogen and oxygen atoms in total. The van der Waals surface area contributed by atoms with Crippen LogP contribution >= 0.6 is 23.1 Å². The van der Waals surface area contributed by atoms with E-state index in [0.717, 1.165) is 46.7 Å². The number of nitrogens with zero attached hydrogens (tertiary/aromatic N) is 4. The van der Waals surface area contributed by atoms with Crippen LogP contribution in [0.4, 0.5) is 10.8 Å². The number of anilines is 1. The lowest BCUT2D eigenvalue weighted by Crippen LogP contribution is -2.40. The summed E-state index contributed by atoms with van der Waals surface area (Å²) in [5.41, 5.74) is 8.53. The Labute approximate surface area is 172 Å². The number of rotatable bonds is 3. The van der Waals surface area contributed by atoms with E-state index in [1.807, 2.05) is 43.0 Å². The number of aliphatic imine (C=N–C) groups is 1. The van der Waals surface area contributed by atoms with E-state index in [2.05, 4.69) is 10.2 Å². The molecule has 2 aliphatic rings. The lowest BCUT2D eigenvalue weighted by Gasteiger charge is -2.30. The maximum absolute atomic E-state index is 13.4. The number of benzene rings is 1. The largest absolute Gasteiger partial charge is 0.399 e. The Hall–Kier alpha value is -2.19. The number of hydrogen-bond acceptors (Lipinski definition) is 7. The molecule has 1 aliphatic heterocycles. The van der Waals surface area contributed by atoms with Gasteiger partial charge in [0.05, 0.1) is 4.91 Å². The molecule has 2 aromatic rings. The predicted octanol–water partition coefficient (Wildman–Crippen LogP) is 4.76. The predicted molar refractivity (Wildman–Crippen MR) is 116 cm³/mol. The number of thioether (sulfide) groups is 1. The average molecular weight is 414 g/mol. The SMILES string of the molecule is C/C(=C1/S/C(=N/c2nnc(C)s2)N(C2CCCCC2)C1=O)c1cccc(N)c1. The molecule has 0 bridgehead atoms. The fourth-order valence-electron chi connectivity index (χ4n) is 3.67. The van der Waals surface area contributed by atoms with Crippen LogP contribution in [0, 0.1) is 6.92 Å². The first kappa shape index (κ1) is 19.1. The number of amidine groups is 1. The van der Waals surface area contributed by atoms with Gasteiger partial charge in [-0.05, 0) is 61.7 Å². The fourth-order valence-corrected chi connectivity index (χ4v) is 5.39. The Balaban J connectivity index is 1.75. The van der Waals surface area contributed by atoms with Gasteiger partial charge >= 0.3 is 0 Å². The van der Waals surface area contributed by atoms with Crippen molar-refractivity contribution in [2.75, 3.05) is 5.73 Å². The maximum atomic E-state index is 13.4. The summed E-state index contributed by atoms with van der Waals surface area (Å²) >= 11 is 2.88. The maximum Gasteiger partial charge on any atom is 0.267 e. The summed E-state index contributed by atoms with van der Waals surface area (Å²) < 4.78 is 0. The number of amides is 1. The molecule has 28 heavy (non-hydrogen) atoms. The van der Waals surface area contributed by atoms with Gasteiger partial charge in [0.1, 0.15) is 5.01 Å². The molecule has 8 heteroatoms. The third-order valence-electron chi connectivity index (χ3n) is 5.12. The smallest absolute Gasteiger partial charge is 0.267 e. The van der Waals surface area contributed by atoms with E-state index in [9.17, 15) is 4.79 Å². The average Bonchev–Trinajstić information content (AvgIpc) is 3.25. The number of aryl methyl sites for hydroxylation is 1. The van der Waals surface area contributed by atoms with Crippen molar-refractivity contribution >= 4 is 50.6 Å². The van der Waals surface area contributed by atoms with Crippen LogP contribution in [0.5, 0.6) is 0 Å². The molecule has 146 valence electrons. The molecule has 1 aliphatic carbocycles. The van der Waals surface area contributed by atoms with E-state index in [1.54, 1.807) is 0 Å². The molecule has 2 heterocycles. The molecule has 1 saturated heterocycles. The monoisotopic (exact) mass is 413 g/mol. The number of nitrogens with two attached hydrogens (primary N) is 1. The Morgan fingerprint density at radius 3 is 2.71 bits per heavy atom. The molecular formula is C20H23N5OS2. The number of carbonyl (C=O) groups excluding carboxylic acids is 1. The first-order valence-electron chi connectivity index (χ1n) is 9.50. The van der Waals surface area contributed by atoms with Gasteiger partial charge in [0.2, 0.25) is 5.13 Å². The molecule has 1 amide bonds. The van der Waals surface area contributed by atoms with Crippen molar-refractivity contribution < 1.29 is 4.79 Å². The molecule has 2 fully saturated rings. The minimum absolute atomic E-state index is 0.0387. The standard InChI is InChI=1S/C20H23N5OS2/c1-12(14-7-6-8-15(21)11-14)17-18(26)25(16-9-4-3-5-10-16)20(28-17)22-19-24-23-13(2)27-19/h6-8,11,16H,3-5,9-10,21H2,1-2H3/b17-12-,22-20+. The topological polar surface area (TPSA) is 84.5 Å². The third-order valence-corrected chi connectivity index (χ3v) is 7.01. The van der Waals surface area contributed by atoms with Gasteiger partial charge < -0.3 is 5.73 Å². The normalized spacial score (nSPS) is 21.6. The zero-order valence-electron chi connectivity index (χ0n) is 16.0. The third kappa shape index (κ3) is 3.84. The number of aromatic nitrogens is 2. The summed E-state index contributed by atoms with van der Waals surface area (Å²) in [5.74, 6) is 0.0387. The van der Waals surface area contributed by atoms with Crippen molar-refractivity contribution in [2.24, 2.45) is 4.99 Å². The second-order valence-corrected chi connectivity index (χ2v) is 9.28. The number of hydrogen-bond donors (Lipinski definition) is 1. The van der Waals surface area contributed by atoms with Crippen LogP contribution in [-0.2, 0) is 4.79 Å². The number of nitrogen functional groups attached to an aromatic ring is 1. The summed E-state index contributed by atoms with van der Waals surface area (Å²) in [6.45, 7) is 3.88. The van der Waals surface area contributed by atoms with Crippen LogP contribution < -0.4 is 5.73 Å². The van der Waals surface area contributed by atoms with Crippen LogP contribution in [-0.4, -0.2) is 32.2 Å². The molecule has 1 saturated carbocycles. The van der Waals surface area contributed by atoms with Gasteiger partial charge in [0.15, 0.2) is 5.17 Å². The summed E-state index contributed by atoms with van der Waals surface area (Å²) in [7, 11) is 0. The van der Waals surface area contributed by atoms with E-state index in [4.69, 9.17) is 10.7 Å². The first-order chi connectivity index (χ1) is 13.5. The lowest BCUT2D eigenvalue weighted by molar-refractivity contribution is -0.124. The highest BCUT2D eigenvalue weighted by molar-refractivity contribution is 8.18. The summed E-state index contributed by atoms with van der Waals surface area (Å²) in [5, 5.41) is 10.3. The van der Waals surface area contributed by atoms with E-state index >= 15 is 0 Å². The number of allylic oxidation sites excluding steroid dienone is 1. The van der Waals surface area contributed by atoms with Crippen molar-refractivity contribution in [3.8, 4) is 0 Å². The van der Waals surface area contributed by atoms with Gasteiger partial charge in [-0.1, -0.05) is 42.7 Å². The van der Waals surface area contributed by atoms with E-state index in [1.165, 1.54) is 29.5 Å². The van der Waals surface area contributed by atoms with Crippen LogP contribution in [0.25, 0.3) is 5.57 Å². The molecule has 4 rings (SSSR count). The van der Waals surface area contributed by atoms with E-state index in [-0.39, 0.29) is 11.9 Å². The molecule has 0 spiro atoms. The highest BCUT2D eigenvalue weighted by Crippen LogP contribution is 2.41. The second kappa shape index (κ2) is 8.05. The molecule has 1 aromatic carbocycles. The molecule has 0 radical (unpaired) electrons. The Bertz CT molecular complexity index is 959. The Morgan fingerprint density at radius 2 is 2.04 bits per heavy atom. The minimum atomic E-state index is 0.0387. The number of carbonyl (C=O) groups is 1. The molecule has 0 atom stereocenters. The molecule has 0 unspecified atom stereocenters. The van der Waals surface area contributed by atoms with Crippen molar-refractivity contribution in [3.05, 3.63) is 39.7 Å². The van der Waals surface area contributed by atoms with Crippen LogP contribution in [0.2, 0.25) is 0 Å². The minimum Gasteiger partial charge on any atom is -0.399 e. The quantitative estimate of drug-likeness (QED) is 0.579. The van der Waals surface area contributed by atoms with Gasteiger partial charge in [-0.15, -0.1) is 10.2 Å². The van der Waals surface area contributed by atoms with Crippen LogP contribution in [0.15, 0.2) is 34.2 Å². The van der Waals surface area contributed by atoms with E-state index in [0.29, 0.717) is 16.0 Å². The molecule has 1 aromatic heterocycles. The summed E-state index contributed by atoms with van der Waals surface area (Å²) in [6, 6.07) is 7.86. The van der Waals surface area contributed by atoms with Crippen LogP contribution in [0.1, 0.15) is 49.6 Å². The molecule has 2 N–H and O–H groups in total. The van der Waals surface area contributed by atoms with Crippen molar-refractivity contribution in [1.29, 1.82) is 0 Å². The van der Waals surface area contributed by atoms with Crippen molar-refractivity contribution in [3.63, 3.8) is 0 Å². The van der Waals surface area contributed by atoms with Crippen molar-refractivity contribution in [2.45, 2.75) is 52.0 Å². The van der Waals surface area contributed by atoms with Gasteiger partial charge in [0.25, 0.3) is 5.91 Å². The highest BCUT2D eigenvalue weighted by Gasteiger charge is 2.40. The molecular weight excluding hydrogens is 390 g/mol. The van der Waals surface area contributed by atoms with Crippen molar-refractivity contribution in [1.82, 2.24) is 15.1 Å².